The molecule has 0 aliphatic carbocycles. The number of nitriles is 1. The Morgan fingerprint density at radius 1 is 1.28 bits per heavy atom. The van der Waals surface area contributed by atoms with E-state index in [4.69, 9.17) is 14.7 Å². The summed E-state index contributed by atoms with van der Waals surface area (Å²) in [4.78, 5) is 7.14. The first kappa shape index (κ1) is 12.0. The van der Waals surface area contributed by atoms with Crippen molar-refractivity contribution in [2.75, 3.05) is 14.2 Å². The predicted molar refractivity (Wildman–Crippen MR) is 66.6 cm³/mol. The van der Waals surface area contributed by atoms with Crippen molar-refractivity contribution in [3.63, 3.8) is 0 Å². The zero-order valence-corrected chi connectivity index (χ0v) is 10.4. The normalized spacial score (nSPS) is 9.89. The second-order valence-electron chi connectivity index (χ2n) is 3.74. The maximum atomic E-state index is 8.85. The van der Waals surface area contributed by atoms with Crippen LogP contribution >= 0.6 is 0 Å². The second kappa shape index (κ2) is 4.80. The molecule has 1 aromatic carbocycles. The third-order valence-corrected chi connectivity index (χ3v) is 2.65. The molecule has 5 heteroatoms. The molecular formula is C13H13N3O2. The maximum Gasteiger partial charge on any atom is 0.210 e. The zero-order chi connectivity index (χ0) is 13.1. The lowest BCUT2D eigenvalue weighted by atomic mass is 10.1. The number of nitrogens with one attached hydrogen (secondary N) is 1. The summed E-state index contributed by atoms with van der Waals surface area (Å²) in [5.74, 6) is 1.69. The van der Waals surface area contributed by atoms with Crippen LogP contribution in [0.5, 0.6) is 11.5 Å². The molecular weight excluding hydrogens is 230 g/mol. The molecule has 92 valence electrons. The van der Waals surface area contributed by atoms with Crippen molar-refractivity contribution in [1.82, 2.24) is 9.97 Å². The van der Waals surface area contributed by atoms with Crippen molar-refractivity contribution >= 4 is 0 Å². The molecule has 2 rings (SSSR count). The largest absolute Gasteiger partial charge is 0.497 e. The van der Waals surface area contributed by atoms with E-state index in [1.54, 1.807) is 14.2 Å². The maximum absolute atomic E-state index is 8.85. The fraction of sp³-hybridized carbons (Fsp3) is 0.231. The Balaban J connectivity index is 2.61. The van der Waals surface area contributed by atoms with Crippen molar-refractivity contribution in [2.45, 2.75) is 6.92 Å². The van der Waals surface area contributed by atoms with Gasteiger partial charge < -0.3 is 14.5 Å². The van der Waals surface area contributed by atoms with Crippen molar-refractivity contribution in [2.24, 2.45) is 0 Å². The number of aryl methyl sites for hydroxylation is 1. The Hall–Kier alpha value is -2.48. The molecule has 0 atom stereocenters. The topological polar surface area (TPSA) is 70.9 Å². The van der Waals surface area contributed by atoms with Gasteiger partial charge in [0.25, 0.3) is 0 Å². The molecule has 1 heterocycles. The third kappa shape index (κ3) is 2.00. The van der Waals surface area contributed by atoms with Crippen LogP contribution in [0, 0.1) is 18.3 Å². The minimum atomic E-state index is 0.285. The molecule has 0 amide bonds. The van der Waals surface area contributed by atoms with Gasteiger partial charge in [-0.15, -0.1) is 0 Å². The van der Waals surface area contributed by atoms with Crippen LogP contribution in [-0.2, 0) is 0 Å². The number of imidazole rings is 1. The molecule has 2 aromatic rings. The monoisotopic (exact) mass is 243 g/mol. The van der Waals surface area contributed by atoms with E-state index in [2.05, 4.69) is 9.97 Å². The van der Waals surface area contributed by atoms with Gasteiger partial charge >= 0.3 is 0 Å². The van der Waals surface area contributed by atoms with E-state index in [0.717, 1.165) is 11.3 Å². The number of hydrogen-bond acceptors (Lipinski definition) is 4. The van der Waals surface area contributed by atoms with Gasteiger partial charge in [-0.3, -0.25) is 0 Å². The first-order chi connectivity index (χ1) is 8.69. The van der Waals surface area contributed by atoms with Crippen molar-refractivity contribution < 1.29 is 9.47 Å². The summed E-state index contributed by atoms with van der Waals surface area (Å²) in [6, 6.07) is 7.45. The van der Waals surface area contributed by atoms with E-state index in [-0.39, 0.29) is 5.82 Å². The lowest BCUT2D eigenvalue weighted by Crippen LogP contribution is -1.91. The first-order valence-corrected chi connectivity index (χ1v) is 5.38. The highest BCUT2D eigenvalue weighted by Gasteiger charge is 2.14. The SMILES string of the molecule is COc1ccc(OC)c(-c2nc(C#N)[nH]c2C)c1. The van der Waals surface area contributed by atoms with Crippen LogP contribution in [0.25, 0.3) is 11.3 Å². The van der Waals surface area contributed by atoms with Crippen molar-refractivity contribution in [3.8, 4) is 28.8 Å². The number of ether oxygens (including phenoxy) is 2. The number of methoxy groups -OCH3 is 2. The summed E-state index contributed by atoms with van der Waals surface area (Å²) in [7, 11) is 3.20. The number of H-pyrrole nitrogens is 1. The summed E-state index contributed by atoms with van der Waals surface area (Å²) in [6.45, 7) is 1.86. The van der Waals surface area contributed by atoms with Gasteiger partial charge in [-0.1, -0.05) is 0 Å². The number of aromatic amines is 1. The third-order valence-electron chi connectivity index (χ3n) is 2.65. The molecule has 0 saturated heterocycles. The fourth-order valence-corrected chi connectivity index (χ4v) is 1.77. The van der Waals surface area contributed by atoms with E-state index in [1.807, 2.05) is 31.2 Å². The summed E-state index contributed by atoms with van der Waals surface area (Å²) < 4.78 is 10.5. The molecule has 0 aliphatic heterocycles. The highest BCUT2D eigenvalue weighted by atomic mass is 16.5. The zero-order valence-electron chi connectivity index (χ0n) is 10.4. The average molecular weight is 243 g/mol. The number of benzene rings is 1. The number of aromatic nitrogens is 2. The second-order valence-corrected chi connectivity index (χ2v) is 3.74. The van der Waals surface area contributed by atoms with Crippen LogP contribution in [0.4, 0.5) is 0 Å². The van der Waals surface area contributed by atoms with Crippen LogP contribution in [-0.4, -0.2) is 24.2 Å². The van der Waals surface area contributed by atoms with Crippen LogP contribution in [0.1, 0.15) is 11.5 Å². The van der Waals surface area contributed by atoms with Gasteiger partial charge in [-0.2, -0.15) is 5.26 Å². The van der Waals surface area contributed by atoms with E-state index >= 15 is 0 Å². The summed E-state index contributed by atoms with van der Waals surface area (Å²) in [5.41, 5.74) is 2.31. The number of rotatable bonds is 3. The van der Waals surface area contributed by atoms with Gasteiger partial charge in [-0.25, -0.2) is 4.98 Å². The van der Waals surface area contributed by atoms with Gasteiger partial charge in [0.1, 0.15) is 17.6 Å². The van der Waals surface area contributed by atoms with Crippen LogP contribution < -0.4 is 9.47 Å². The van der Waals surface area contributed by atoms with E-state index < -0.39 is 0 Å². The van der Waals surface area contributed by atoms with E-state index in [0.29, 0.717) is 17.2 Å². The van der Waals surface area contributed by atoms with Crippen molar-refractivity contribution in [1.29, 1.82) is 5.26 Å². The van der Waals surface area contributed by atoms with Gasteiger partial charge in [0.05, 0.1) is 19.9 Å². The minimum absolute atomic E-state index is 0.285. The molecule has 0 spiro atoms. The summed E-state index contributed by atoms with van der Waals surface area (Å²) in [5, 5.41) is 8.85. The molecule has 0 radical (unpaired) electrons. The highest BCUT2D eigenvalue weighted by molar-refractivity contribution is 5.71. The Kier molecular flexibility index (Phi) is 3.20. The Morgan fingerprint density at radius 2 is 2.06 bits per heavy atom. The standard InChI is InChI=1S/C13H13N3O2/c1-8-13(16-12(7-14)15-8)10-6-9(17-2)4-5-11(10)18-3/h4-6H,1-3H3,(H,15,16). The Bertz CT molecular complexity index is 611. The van der Waals surface area contributed by atoms with Gasteiger partial charge in [-0.05, 0) is 25.1 Å². The summed E-state index contributed by atoms with van der Waals surface area (Å²) >= 11 is 0. The molecule has 1 N–H and O–H groups in total. The molecule has 1 aromatic heterocycles. The van der Waals surface area contributed by atoms with Crippen LogP contribution in [0.2, 0.25) is 0 Å². The number of nitrogens with zero attached hydrogens (tertiary/aromatic N) is 2. The molecule has 0 aliphatic rings. The molecule has 0 bridgehead atoms. The van der Waals surface area contributed by atoms with Crippen LogP contribution in [0.3, 0.4) is 0 Å². The quantitative estimate of drug-likeness (QED) is 0.897. The van der Waals surface area contributed by atoms with Gasteiger partial charge in [0, 0.05) is 11.3 Å². The van der Waals surface area contributed by atoms with Gasteiger partial charge in [0.15, 0.2) is 0 Å². The Labute approximate surface area is 105 Å². The molecule has 0 unspecified atom stereocenters. The average Bonchev–Trinajstić information content (AvgIpc) is 2.79. The first-order valence-electron chi connectivity index (χ1n) is 5.38. The van der Waals surface area contributed by atoms with Crippen molar-refractivity contribution in [3.05, 3.63) is 29.7 Å². The molecule has 0 fully saturated rings. The van der Waals surface area contributed by atoms with E-state index in [9.17, 15) is 0 Å². The fourth-order valence-electron chi connectivity index (χ4n) is 1.77. The molecule has 5 nitrogen and oxygen atoms in total. The summed E-state index contributed by atoms with van der Waals surface area (Å²) in [6.07, 6.45) is 0. The lowest BCUT2D eigenvalue weighted by molar-refractivity contribution is 0.404. The van der Waals surface area contributed by atoms with E-state index in [1.165, 1.54) is 0 Å². The predicted octanol–water partition coefficient (Wildman–Crippen LogP) is 2.27. The minimum Gasteiger partial charge on any atom is -0.497 e. The molecule has 18 heavy (non-hydrogen) atoms. The van der Waals surface area contributed by atoms with Crippen LogP contribution in [0.15, 0.2) is 18.2 Å². The van der Waals surface area contributed by atoms with Gasteiger partial charge in [0.2, 0.25) is 5.82 Å². The Morgan fingerprint density at radius 3 is 2.61 bits per heavy atom. The highest BCUT2D eigenvalue weighted by Crippen LogP contribution is 2.33. The number of hydrogen-bond donors (Lipinski definition) is 1. The smallest absolute Gasteiger partial charge is 0.210 e. The molecule has 0 saturated carbocycles. The lowest BCUT2D eigenvalue weighted by Gasteiger charge is -2.09.